The van der Waals surface area contributed by atoms with Gasteiger partial charge in [0.1, 0.15) is 0 Å². The third-order valence-electron chi connectivity index (χ3n) is 4.86. The van der Waals surface area contributed by atoms with Gasteiger partial charge in [-0.1, -0.05) is 32.6 Å². The van der Waals surface area contributed by atoms with Crippen molar-refractivity contribution in [2.24, 2.45) is 5.92 Å². The molecule has 1 heterocycles. The first-order valence-electron chi connectivity index (χ1n) is 8.19. The van der Waals surface area contributed by atoms with E-state index in [4.69, 9.17) is 0 Å². The van der Waals surface area contributed by atoms with Gasteiger partial charge in [0.05, 0.1) is 0 Å². The average Bonchev–Trinajstić information content (AvgIpc) is 2.54. The Morgan fingerprint density at radius 3 is 2.39 bits per heavy atom. The maximum absolute atomic E-state index is 3.65. The fraction of sp³-hybridized carbons (Fsp3) is 1.00. The van der Waals surface area contributed by atoms with Crippen LogP contribution in [0.1, 0.15) is 65.7 Å². The summed E-state index contributed by atoms with van der Waals surface area (Å²) in [6, 6.07) is 2.21. The molecule has 0 aromatic carbocycles. The van der Waals surface area contributed by atoms with Crippen LogP contribution >= 0.6 is 0 Å². The van der Waals surface area contributed by atoms with Crippen LogP contribution in [0.5, 0.6) is 0 Å². The van der Waals surface area contributed by atoms with Gasteiger partial charge < -0.3 is 5.32 Å². The highest BCUT2D eigenvalue weighted by molar-refractivity contribution is 4.86. The third kappa shape index (κ3) is 3.96. The Morgan fingerprint density at radius 2 is 1.72 bits per heavy atom. The first kappa shape index (κ1) is 14.3. The lowest BCUT2D eigenvalue weighted by Gasteiger charge is -2.40. The number of nitrogens with one attached hydrogen (secondary N) is 1. The highest BCUT2D eigenvalue weighted by Gasteiger charge is 2.28. The Labute approximate surface area is 114 Å². The van der Waals surface area contributed by atoms with Crippen molar-refractivity contribution in [3.63, 3.8) is 0 Å². The Kier molecular flexibility index (Phi) is 5.50. The van der Waals surface area contributed by atoms with Gasteiger partial charge in [-0.25, -0.2) is 0 Å². The second kappa shape index (κ2) is 6.91. The number of nitrogens with zero attached hydrogens (tertiary/aromatic N) is 1. The molecule has 0 spiro atoms. The summed E-state index contributed by atoms with van der Waals surface area (Å²) in [7, 11) is 0. The van der Waals surface area contributed by atoms with Gasteiger partial charge in [0.25, 0.3) is 0 Å². The molecule has 2 heteroatoms. The van der Waals surface area contributed by atoms with Crippen LogP contribution in [-0.4, -0.2) is 36.1 Å². The lowest BCUT2D eigenvalue weighted by Crippen LogP contribution is -2.56. The summed E-state index contributed by atoms with van der Waals surface area (Å²) in [5.74, 6) is 1.03. The van der Waals surface area contributed by atoms with Crippen molar-refractivity contribution in [3.05, 3.63) is 0 Å². The van der Waals surface area contributed by atoms with E-state index in [-0.39, 0.29) is 0 Å². The van der Waals surface area contributed by atoms with Crippen molar-refractivity contribution in [2.75, 3.05) is 13.1 Å². The number of hydrogen-bond donors (Lipinski definition) is 1. The molecule has 0 bridgehead atoms. The molecule has 4 unspecified atom stereocenters. The van der Waals surface area contributed by atoms with Crippen LogP contribution in [0.2, 0.25) is 0 Å². The van der Waals surface area contributed by atoms with Crippen LogP contribution in [0.3, 0.4) is 0 Å². The molecule has 2 fully saturated rings. The van der Waals surface area contributed by atoms with Gasteiger partial charge in [0.15, 0.2) is 0 Å². The second-order valence-electron chi connectivity index (χ2n) is 6.74. The van der Waals surface area contributed by atoms with Gasteiger partial charge in [0, 0.05) is 31.2 Å². The van der Waals surface area contributed by atoms with E-state index in [0.29, 0.717) is 12.1 Å². The smallest absolute Gasteiger partial charge is 0.0169 e. The minimum Gasteiger partial charge on any atom is -0.309 e. The van der Waals surface area contributed by atoms with Gasteiger partial charge in [0.2, 0.25) is 0 Å². The molecule has 18 heavy (non-hydrogen) atoms. The summed E-state index contributed by atoms with van der Waals surface area (Å²) >= 11 is 0. The topological polar surface area (TPSA) is 15.3 Å². The van der Waals surface area contributed by atoms with E-state index in [9.17, 15) is 0 Å². The van der Waals surface area contributed by atoms with E-state index in [1.807, 2.05) is 0 Å². The molecule has 2 rings (SSSR count). The maximum atomic E-state index is 3.65. The van der Waals surface area contributed by atoms with Gasteiger partial charge in [-0.3, -0.25) is 4.90 Å². The predicted octanol–water partition coefficient (Wildman–Crippen LogP) is 3.42. The van der Waals surface area contributed by atoms with Crippen LogP contribution in [-0.2, 0) is 0 Å². The average molecular weight is 252 g/mol. The van der Waals surface area contributed by atoms with E-state index in [1.165, 1.54) is 58.0 Å². The first-order valence-corrected chi connectivity index (χ1v) is 8.19. The molecule has 1 N–H and O–H groups in total. The van der Waals surface area contributed by atoms with Crippen molar-refractivity contribution in [2.45, 2.75) is 83.8 Å². The van der Waals surface area contributed by atoms with Gasteiger partial charge in [-0.15, -0.1) is 0 Å². The number of hydrogen-bond acceptors (Lipinski definition) is 2. The number of rotatable bonds is 3. The standard InChI is InChI=1S/C16H32N2/c1-4-6-15-7-5-8-16(10-9-15)18-11-13(2)17-14(3)12-18/h13-17H,4-12H2,1-3H3. The molecule has 106 valence electrons. The van der Waals surface area contributed by atoms with E-state index < -0.39 is 0 Å². The fourth-order valence-corrected chi connectivity index (χ4v) is 4.09. The zero-order valence-corrected chi connectivity index (χ0v) is 12.6. The maximum Gasteiger partial charge on any atom is 0.0169 e. The van der Waals surface area contributed by atoms with Crippen LogP contribution in [0.15, 0.2) is 0 Å². The molecule has 2 nitrogen and oxygen atoms in total. The molecular formula is C16H32N2. The lowest BCUT2D eigenvalue weighted by molar-refractivity contribution is 0.112. The van der Waals surface area contributed by atoms with Gasteiger partial charge in [-0.05, 0) is 39.0 Å². The molecule has 1 aliphatic heterocycles. The predicted molar refractivity (Wildman–Crippen MR) is 78.9 cm³/mol. The van der Waals surface area contributed by atoms with Crippen molar-refractivity contribution in [1.29, 1.82) is 0 Å². The highest BCUT2D eigenvalue weighted by atomic mass is 15.2. The molecular weight excluding hydrogens is 220 g/mol. The summed E-state index contributed by atoms with van der Waals surface area (Å²) in [4.78, 5) is 2.78. The Hall–Kier alpha value is -0.0800. The van der Waals surface area contributed by atoms with E-state index in [0.717, 1.165) is 12.0 Å². The second-order valence-corrected chi connectivity index (χ2v) is 6.74. The van der Waals surface area contributed by atoms with Crippen molar-refractivity contribution >= 4 is 0 Å². The Morgan fingerprint density at radius 1 is 1.00 bits per heavy atom. The van der Waals surface area contributed by atoms with Gasteiger partial charge in [-0.2, -0.15) is 0 Å². The monoisotopic (exact) mass is 252 g/mol. The molecule has 1 saturated carbocycles. The molecule has 0 aromatic heterocycles. The molecule has 0 amide bonds. The zero-order chi connectivity index (χ0) is 13.0. The fourth-order valence-electron chi connectivity index (χ4n) is 4.09. The molecule has 4 atom stereocenters. The SMILES string of the molecule is CCCC1CCCC(N2CC(C)NC(C)C2)CC1. The molecule has 1 aliphatic carbocycles. The zero-order valence-electron chi connectivity index (χ0n) is 12.6. The largest absolute Gasteiger partial charge is 0.309 e. The quantitative estimate of drug-likeness (QED) is 0.774. The van der Waals surface area contributed by atoms with Gasteiger partial charge >= 0.3 is 0 Å². The van der Waals surface area contributed by atoms with Crippen LogP contribution in [0.25, 0.3) is 0 Å². The van der Waals surface area contributed by atoms with E-state index >= 15 is 0 Å². The van der Waals surface area contributed by atoms with Crippen molar-refractivity contribution < 1.29 is 0 Å². The normalized spacial score (nSPS) is 39.5. The summed E-state index contributed by atoms with van der Waals surface area (Å²) < 4.78 is 0. The Bertz CT molecular complexity index is 231. The summed E-state index contributed by atoms with van der Waals surface area (Å²) in [6.07, 6.45) is 10.1. The molecule has 0 radical (unpaired) electrons. The van der Waals surface area contributed by atoms with E-state index in [1.54, 1.807) is 0 Å². The van der Waals surface area contributed by atoms with Crippen molar-refractivity contribution in [1.82, 2.24) is 10.2 Å². The lowest BCUT2D eigenvalue weighted by atomic mass is 9.95. The summed E-state index contributed by atoms with van der Waals surface area (Å²) in [5.41, 5.74) is 0. The molecule has 2 aliphatic rings. The minimum atomic E-state index is 0.670. The minimum absolute atomic E-state index is 0.670. The third-order valence-corrected chi connectivity index (χ3v) is 4.86. The van der Waals surface area contributed by atoms with Crippen molar-refractivity contribution in [3.8, 4) is 0 Å². The van der Waals surface area contributed by atoms with Crippen LogP contribution < -0.4 is 5.32 Å². The first-order chi connectivity index (χ1) is 8.69. The molecule has 1 saturated heterocycles. The van der Waals surface area contributed by atoms with Crippen LogP contribution in [0.4, 0.5) is 0 Å². The summed E-state index contributed by atoms with van der Waals surface area (Å²) in [6.45, 7) is 9.52. The number of piperazine rings is 1. The Balaban J connectivity index is 1.85. The summed E-state index contributed by atoms with van der Waals surface area (Å²) in [5, 5.41) is 3.65. The molecule has 0 aromatic rings. The highest BCUT2D eigenvalue weighted by Crippen LogP contribution is 2.29. The van der Waals surface area contributed by atoms with Crippen LogP contribution in [0, 0.1) is 5.92 Å². The van der Waals surface area contributed by atoms with E-state index in [2.05, 4.69) is 31.0 Å².